The van der Waals surface area contributed by atoms with Crippen LogP contribution in [0.2, 0.25) is 0 Å². The van der Waals surface area contributed by atoms with Crippen molar-refractivity contribution in [1.29, 1.82) is 0 Å². The van der Waals surface area contributed by atoms with E-state index in [9.17, 15) is 45.8 Å². The van der Waals surface area contributed by atoms with Crippen LogP contribution in [0.1, 0.15) is 49.4 Å². The van der Waals surface area contributed by atoms with E-state index < -0.39 is 106 Å². The monoisotopic (exact) mass is 789 g/mol. The molecule has 2 saturated heterocycles. The lowest BCUT2D eigenvalue weighted by atomic mass is 9.82. The number of fused-ring (bicyclic) bond motifs is 1. The SMILES string of the molecule is C[C@]12CCCN1N(Cc1ccc(OCCCCOC[C@H](O)CO)c(F)c1F)C(=O)C(C(=O)Nc1ccc(C(F)(F)F)cc1-c1cc(C(F)(F)F)ncn1)C2=O. The summed E-state index contributed by atoms with van der Waals surface area (Å²) in [7, 11) is 0. The molecule has 2 aliphatic heterocycles. The lowest BCUT2D eigenvalue weighted by molar-refractivity contribution is -0.184. The third-order valence-electron chi connectivity index (χ3n) is 9.20. The van der Waals surface area contributed by atoms with Crippen molar-refractivity contribution < 1.29 is 69.2 Å². The number of nitrogens with zero attached hydrogens (tertiary/aromatic N) is 4. The summed E-state index contributed by atoms with van der Waals surface area (Å²) in [5, 5.41) is 22.5. The van der Waals surface area contributed by atoms with Gasteiger partial charge >= 0.3 is 12.4 Å². The predicted molar refractivity (Wildman–Crippen MR) is 174 cm³/mol. The summed E-state index contributed by atoms with van der Waals surface area (Å²) in [4.78, 5) is 48.3. The number of anilines is 1. The summed E-state index contributed by atoms with van der Waals surface area (Å²) in [6.07, 6.45) is -9.21. The van der Waals surface area contributed by atoms with Gasteiger partial charge in [-0.2, -0.15) is 30.7 Å². The molecule has 55 heavy (non-hydrogen) atoms. The molecule has 2 aromatic carbocycles. The highest BCUT2D eigenvalue weighted by atomic mass is 19.4. The number of carbonyl (C=O) groups excluding carboxylic acids is 3. The molecule has 0 saturated carbocycles. The summed E-state index contributed by atoms with van der Waals surface area (Å²) in [6.45, 7) is 0.574. The Hall–Kier alpha value is -4.79. The van der Waals surface area contributed by atoms with E-state index in [2.05, 4.69) is 15.3 Å². The number of Topliss-reactive ketones (excluding diaryl/α,β-unsaturated/α-hetero) is 1. The number of aliphatic hydroxyl groups excluding tert-OH is 2. The number of halogens is 8. The van der Waals surface area contributed by atoms with Gasteiger partial charge in [0.1, 0.15) is 18.1 Å². The van der Waals surface area contributed by atoms with Crippen LogP contribution in [-0.2, 0) is 38.0 Å². The van der Waals surface area contributed by atoms with Gasteiger partial charge in [-0.25, -0.2) is 19.4 Å². The molecule has 0 spiro atoms. The number of alkyl halides is 6. The fourth-order valence-corrected chi connectivity index (χ4v) is 6.31. The Balaban J connectivity index is 1.37. The number of amides is 2. The van der Waals surface area contributed by atoms with Crippen LogP contribution in [0.25, 0.3) is 11.3 Å². The number of aromatic nitrogens is 2. The van der Waals surface area contributed by atoms with Crippen LogP contribution < -0.4 is 10.1 Å². The van der Waals surface area contributed by atoms with Gasteiger partial charge in [0.15, 0.2) is 23.3 Å². The van der Waals surface area contributed by atoms with E-state index in [1.807, 2.05) is 0 Å². The third kappa shape index (κ3) is 9.03. The number of ether oxygens (including phenoxy) is 2. The van der Waals surface area contributed by atoms with Crippen molar-refractivity contribution in [3.8, 4) is 17.0 Å². The Morgan fingerprint density at radius 3 is 2.44 bits per heavy atom. The summed E-state index contributed by atoms with van der Waals surface area (Å²) in [6, 6.07) is 4.39. The van der Waals surface area contributed by atoms with Gasteiger partial charge in [0.25, 0.3) is 5.91 Å². The molecule has 3 N–H and O–H groups in total. The minimum absolute atomic E-state index is 0.0291. The van der Waals surface area contributed by atoms with Crippen LogP contribution in [0.3, 0.4) is 0 Å². The molecule has 0 bridgehead atoms. The number of hydrogen-bond acceptors (Lipinski definition) is 10. The maximum Gasteiger partial charge on any atom is 0.433 e. The average molecular weight is 790 g/mol. The van der Waals surface area contributed by atoms with Gasteiger partial charge in [0.2, 0.25) is 11.7 Å². The Labute approximate surface area is 308 Å². The van der Waals surface area contributed by atoms with E-state index in [0.29, 0.717) is 43.8 Å². The van der Waals surface area contributed by atoms with Gasteiger partial charge in [0, 0.05) is 24.3 Å². The highest BCUT2D eigenvalue weighted by molar-refractivity contribution is 6.24. The Bertz CT molecular complexity index is 1910. The lowest BCUT2D eigenvalue weighted by Gasteiger charge is -2.47. The van der Waals surface area contributed by atoms with E-state index >= 15 is 8.78 Å². The van der Waals surface area contributed by atoms with Crippen LogP contribution in [0, 0.1) is 17.6 Å². The van der Waals surface area contributed by atoms with Crippen molar-refractivity contribution in [3.63, 3.8) is 0 Å². The standard InChI is InChI=1S/C35H35F8N5O7/c1-33-9-4-10-48(33)47(15-19-5-8-25(29(37)28(19)36)55-12-3-2-11-54-17-21(50)16-49)32(53)27(30(33)51)31(52)46-23-7-6-20(34(38,39)40)13-22(23)24-14-26(35(41,42)43)45-18-44-24/h5-8,13-14,18,21,27,49-50H,2-4,9-12,15-17H2,1H3,(H,46,52)/t21-,27?,33-/m1/s1. The largest absolute Gasteiger partial charge is 0.490 e. The van der Waals surface area contributed by atoms with E-state index in [4.69, 9.17) is 14.6 Å². The Morgan fingerprint density at radius 1 is 1.02 bits per heavy atom. The highest BCUT2D eigenvalue weighted by Crippen LogP contribution is 2.41. The number of nitrogens with one attached hydrogen (secondary N) is 1. The molecule has 3 heterocycles. The number of ketones is 1. The fraction of sp³-hybridized carbons (Fsp3) is 0.457. The first-order valence-electron chi connectivity index (χ1n) is 16.9. The molecule has 1 unspecified atom stereocenters. The Morgan fingerprint density at radius 2 is 1.75 bits per heavy atom. The third-order valence-corrected chi connectivity index (χ3v) is 9.20. The first-order chi connectivity index (χ1) is 25.9. The second-order valence-corrected chi connectivity index (χ2v) is 13.0. The van der Waals surface area contributed by atoms with Crippen LogP contribution in [0.4, 0.5) is 40.8 Å². The van der Waals surface area contributed by atoms with Gasteiger partial charge in [-0.05, 0) is 62.9 Å². The van der Waals surface area contributed by atoms with Crippen molar-refractivity contribution in [3.05, 3.63) is 71.2 Å². The van der Waals surface area contributed by atoms with E-state index in [1.165, 1.54) is 11.9 Å². The van der Waals surface area contributed by atoms with Crippen LogP contribution >= 0.6 is 0 Å². The number of hydrazine groups is 1. The molecule has 12 nitrogen and oxygen atoms in total. The van der Waals surface area contributed by atoms with Crippen molar-refractivity contribution in [1.82, 2.24) is 20.0 Å². The van der Waals surface area contributed by atoms with Gasteiger partial charge < -0.3 is 25.0 Å². The van der Waals surface area contributed by atoms with Gasteiger partial charge in [-0.3, -0.25) is 19.4 Å². The first-order valence-corrected chi connectivity index (χ1v) is 16.9. The smallest absolute Gasteiger partial charge is 0.433 e. The summed E-state index contributed by atoms with van der Waals surface area (Å²) in [5.74, 6) is -8.69. The quantitative estimate of drug-likeness (QED) is 0.117. The van der Waals surface area contributed by atoms with Crippen LogP contribution in [0.15, 0.2) is 42.7 Å². The maximum atomic E-state index is 15.4. The summed E-state index contributed by atoms with van der Waals surface area (Å²) >= 11 is 0. The zero-order valence-electron chi connectivity index (χ0n) is 29.0. The Kier molecular flexibility index (Phi) is 12.4. The first kappa shape index (κ1) is 41.4. The number of carbonyl (C=O) groups is 3. The molecule has 298 valence electrons. The van der Waals surface area contributed by atoms with Crippen molar-refractivity contribution in [2.45, 2.75) is 63.1 Å². The molecule has 2 amide bonds. The second-order valence-electron chi connectivity index (χ2n) is 13.0. The van der Waals surface area contributed by atoms with E-state index in [0.717, 1.165) is 23.2 Å². The van der Waals surface area contributed by atoms with Crippen molar-refractivity contribution in [2.75, 3.05) is 38.3 Å². The van der Waals surface area contributed by atoms with Gasteiger partial charge in [-0.15, -0.1) is 0 Å². The number of benzene rings is 2. The van der Waals surface area contributed by atoms with Crippen molar-refractivity contribution in [2.24, 2.45) is 5.92 Å². The molecule has 20 heteroatoms. The zero-order valence-corrected chi connectivity index (χ0v) is 29.0. The normalized spacial score (nSPS) is 19.8. The van der Waals surface area contributed by atoms with Gasteiger partial charge in [0.05, 0.1) is 48.8 Å². The average Bonchev–Trinajstić information content (AvgIpc) is 3.54. The number of rotatable bonds is 14. The summed E-state index contributed by atoms with van der Waals surface area (Å²) < 4.78 is 122. The van der Waals surface area contributed by atoms with Crippen LogP contribution in [-0.4, -0.2) is 92.4 Å². The zero-order chi connectivity index (χ0) is 40.3. The molecule has 0 aliphatic carbocycles. The maximum absolute atomic E-state index is 15.4. The summed E-state index contributed by atoms with van der Waals surface area (Å²) in [5.41, 5.74) is -6.41. The molecule has 0 radical (unpaired) electrons. The predicted octanol–water partition coefficient (Wildman–Crippen LogP) is 4.92. The molecule has 3 aromatic rings. The molecule has 1 aromatic heterocycles. The van der Waals surface area contributed by atoms with Crippen molar-refractivity contribution >= 4 is 23.3 Å². The van der Waals surface area contributed by atoms with E-state index in [1.54, 1.807) is 0 Å². The number of aliphatic hydroxyl groups is 2. The molecule has 2 aliphatic rings. The molecule has 5 rings (SSSR count). The number of unbranched alkanes of at least 4 members (excludes halogenated alkanes) is 1. The second kappa shape index (κ2) is 16.5. The van der Waals surface area contributed by atoms with E-state index in [-0.39, 0.29) is 38.3 Å². The lowest BCUT2D eigenvalue weighted by Crippen LogP contribution is -2.68. The fourth-order valence-electron chi connectivity index (χ4n) is 6.31. The highest BCUT2D eigenvalue weighted by Gasteiger charge is 2.58. The molecule has 2 fully saturated rings. The molecule has 3 atom stereocenters. The minimum atomic E-state index is -5.00. The minimum Gasteiger partial charge on any atom is -0.490 e. The molecular formula is C35H35F8N5O7. The van der Waals surface area contributed by atoms with Gasteiger partial charge in [-0.1, -0.05) is 6.07 Å². The molecular weight excluding hydrogens is 754 g/mol. The van der Waals surface area contributed by atoms with Crippen LogP contribution in [0.5, 0.6) is 5.75 Å². The topological polar surface area (TPSA) is 154 Å². The number of hydrogen-bond donors (Lipinski definition) is 3.